The lowest BCUT2D eigenvalue weighted by molar-refractivity contribution is -0.137. The van der Waals surface area contributed by atoms with Gasteiger partial charge in [0.15, 0.2) is 0 Å². The number of sulfonamides is 1. The summed E-state index contributed by atoms with van der Waals surface area (Å²) >= 11 is 0. The summed E-state index contributed by atoms with van der Waals surface area (Å²) in [5.41, 5.74) is 5.43. The molecular weight excluding hydrogens is 538 g/mol. The zero-order chi connectivity index (χ0) is 29.4. The quantitative estimate of drug-likeness (QED) is 0.374. The highest BCUT2D eigenvalue weighted by Crippen LogP contribution is 2.52. The number of piperazine rings is 1. The molecule has 9 nitrogen and oxygen atoms in total. The van der Waals surface area contributed by atoms with Crippen molar-refractivity contribution in [3.63, 3.8) is 0 Å². The summed E-state index contributed by atoms with van der Waals surface area (Å²) in [4.78, 5) is 22.5. The average molecular weight is 580 g/mol. The number of nitrogens with two attached hydrogens (primary N) is 1. The normalized spacial score (nSPS) is 23.4. The number of nitrogens with zero attached hydrogens (tertiary/aromatic N) is 3. The highest BCUT2D eigenvalue weighted by Gasteiger charge is 2.52. The van der Waals surface area contributed by atoms with Crippen molar-refractivity contribution < 1.29 is 18.3 Å². The third kappa shape index (κ3) is 6.11. The number of rotatable bonds is 8. The second-order valence-electron chi connectivity index (χ2n) is 12.2. The van der Waals surface area contributed by atoms with Gasteiger partial charge in [0, 0.05) is 43.5 Å². The van der Waals surface area contributed by atoms with Crippen LogP contribution in [-0.4, -0.2) is 74.2 Å². The Morgan fingerprint density at radius 2 is 1.71 bits per heavy atom. The fraction of sp³-hybridized carbons (Fsp3) is 0.484. The van der Waals surface area contributed by atoms with Crippen molar-refractivity contribution in [3.8, 4) is 0 Å². The van der Waals surface area contributed by atoms with Crippen molar-refractivity contribution in [2.24, 2.45) is 11.1 Å². The standard InChI is InChI=1S/C31H41N5O4S/c1-30(2,38)28(22-7-5-4-6-8-22)31(29(32)37)15-13-24(14-16-31)34-41(39,40)25-10-11-26-23(21-25)9-12-27(33-26)36-19-17-35(3)18-20-36/h4-12,21,24,28,34,38H,13-20H2,1-3H3,(H2,32,37)/t24?,28-,31?/m0/s1. The highest BCUT2D eigenvalue weighted by atomic mass is 32.2. The molecule has 0 radical (unpaired) electrons. The van der Waals surface area contributed by atoms with Gasteiger partial charge in [-0.2, -0.15) is 0 Å². The molecule has 41 heavy (non-hydrogen) atoms. The second-order valence-corrected chi connectivity index (χ2v) is 13.9. The number of hydrogen-bond donors (Lipinski definition) is 3. The third-order valence-corrected chi connectivity index (χ3v) is 10.4. The van der Waals surface area contributed by atoms with Gasteiger partial charge in [-0.15, -0.1) is 0 Å². The number of pyridine rings is 1. The number of aliphatic hydroxyl groups is 1. The van der Waals surface area contributed by atoms with Gasteiger partial charge in [0.2, 0.25) is 15.9 Å². The Morgan fingerprint density at radius 1 is 1.05 bits per heavy atom. The number of carbonyl (C=O) groups is 1. The minimum atomic E-state index is -3.81. The molecule has 0 spiro atoms. The molecule has 10 heteroatoms. The van der Waals surface area contributed by atoms with Crippen molar-refractivity contribution in [1.29, 1.82) is 0 Å². The molecule has 1 aliphatic carbocycles. The van der Waals surface area contributed by atoms with E-state index in [1.54, 1.807) is 32.0 Å². The zero-order valence-corrected chi connectivity index (χ0v) is 24.9. The molecule has 0 bridgehead atoms. The van der Waals surface area contributed by atoms with Crippen LogP contribution < -0.4 is 15.4 Å². The minimum absolute atomic E-state index is 0.185. The van der Waals surface area contributed by atoms with Crippen LogP contribution >= 0.6 is 0 Å². The van der Waals surface area contributed by atoms with E-state index < -0.39 is 32.9 Å². The third-order valence-electron chi connectivity index (χ3n) is 8.87. The van der Waals surface area contributed by atoms with E-state index in [9.17, 15) is 18.3 Å². The lowest BCUT2D eigenvalue weighted by Crippen LogP contribution is -2.53. The zero-order valence-electron chi connectivity index (χ0n) is 24.1. The number of nitrogens with one attached hydrogen (secondary N) is 1. The van der Waals surface area contributed by atoms with Crippen molar-refractivity contribution in [2.75, 3.05) is 38.1 Å². The minimum Gasteiger partial charge on any atom is -0.390 e. The number of aromatic nitrogens is 1. The van der Waals surface area contributed by atoms with Crippen LogP contribution in [0, 0.1) is 5.41 Å². The summed E-state index contributed by atoms with van der Waals surface area (Å²) in [6, 6.07) is 18.0. The summed E-state index contributed by atoms with van der Waals surface area (Å²) in [5.74, 6) is -0.0814. The maximum absolute atomic E-state index is 13.4. The molecular formula is C31H41N5O4S. The molecule has 2 aromatic carbocycles. The van der Waals surface area contributed by atoms with Gasteiger partial charge < -0.3 is 20.6 Å². The lowest BCUT2D eigenvalue weighted by atomic mass is 9.58. The molecule has 1 saturated heterocycles. The molecule has 1 aliphatic heterocycles. The van der Waals surface area contributed by atoms with Gasteiger partial charge >= 0.3 is 0 Å². The van der Waals surface area contributed by atoms with Crippen molar-refractivity contribution in [3.05, 3.63) is 66.2 Å². The number of carbonyl (C=O) groups excluding carboxylic acids is 1. The van der Waals surface area contributed by atoms with E-state index >= 15 is 0 Å². The number of anilines is 1. The van der Waals surface area contributed by atoms with Crippen LogP contribution in [0.15, 0.2) is 65.6 Å². The Labute approximate surface area is 242 Å². The van der Waals surface area contributed by atoms with E-state index in [1.165, 1.54) is 0 Å². The predicted molar refractivity (Wildman–Crippen MR) is 161 cm³/mol. The monoisotopic (exact) mass is 579 g/mol. The van der Waals surface area contributed by atoms with Crippen LogP contribution in [0.25, 0.3) is 10.9 Å². The Kier molecular flexibility index (Phi) is 8.13. The molecule has 5 rings (SSSR count). The Morgan fingerprint density at radius 3 is 2.32 bits per heavy atom. The van der Waals surface area contributed by atoms with E-state index in [0.717, 1.165) is 48.5 Å². The first kappa shape index (κ1) is 29.4. The maximum atomic E-state index is 13.4. The Hall–Kier alpha value is -3.05. The second kappa shape index (κ2) is 11.3. The van der Waals surface area contributed by atoms with Gasteiger partial charge in [-0.3, -0.25) is 4.79 Å². The molecule has 1 amide bonds. The smallest absolute Gasteiger partial charge is 0.240 e. The molecule has 1 aromatic heterocycles. The SMILES string of the molecule is CN1CCN(c2ccc3cc(S(=O)(=O)NC4CCC(C(N)=O)([C@@H](c5ccccc5)C(C)(C)O)CC4)ccc3n2)CC1. The topological polar surface area (TPSA) is 129 Å². The van der Waals surface area contributed by atoms with Crippen molar-refractivity contribution in [2.45, 2.75) is 62.0 Å². The van der Waals surface area contributed by atoms with E-state index in [4.69, 9.17) is 10.7 Å². The summed E-state index contributed by atoms with van der Waals surface area (Å²) in [6.45, 7) is 7.18. The van der Waals surface area contributed by atoms with Gasteiger partial charge in [-0.25, -0.2) is 18.1 Å². The van der Waals surface area contributed by atoms with E-state index in [1.807, 2.05) is 42.5 Å². The Balaban J connectivity index is 1.31. The molecule has 220 valence electrons. The van der Waals surface area contributed by atoms with Crippen molar-refractivity contribution in [1.82, 2.24) is 14.6 Å². The van der Waals surface area contributed by atoms with Gasteiger partial charge in [-0.1, -0.05) is 30.3 Å². The number of fused-ring (bicyclic) bond motifs is 1. The number of hydrogen-bond acceptors (Lipinski definition) is 7. The van der Waals surface area contributed by atoms with Crippen LogP contribution in [0.4, 0.5) is 5.82 Å². The number of primary amides is 1. The predicted octanol–water partition coefficient (Wildman–Crippen LogP) is 3.23. The first-order chi connectivity index (χ1) is 19.4. The summed E-state index contributed by atoms with van der Waals surface area (Å²) < 4.78 is 29.7. The van der Waals surface area contributed by atoms with Crippen LogP contribution in [0.3, 0.4) is 0 Å². The summed E-state index contributed by atoms with van der Waals surface area (Å²) in [5, 5.41) is 11.9. The average Bonchev–Trinajstić information content (AvgIpc) is 2.93. The van der Waals surface area contributed by atoms with Gasteiger partial charge in [-0.05, 0) is 82.5 Å². The molecule has 2 heterocycles. The van der Waals surface area contributed by atoms with E-state index in [0.29, 0.717) is 25.7 Å². The first-order valence-electron chi connectivity index (χ1n) is 14.3. The number of likely N-dealkylation sites (N-methyl/N-ethyl adjacent to an activating group) is 1. The number of amides is 1. The molecule has 2 aliphatic rings. The number of benzene rings is 2. The molecule has 1 saturated carbocycles. The van der Waals surface area contributed by atoms with E-state index in [2.05, 4.69) is 21.6 Å². The van der Waals surface area contributed by atoms with Gasteiger partial charge in [0.25, 0.3) is 0 Å². The van der Waals surface area contributed by atoms with Gasteiger partial charge in [0.05, 0.1) is 21.4 Å². The van der Waals surface area contributed by atoms with Crippen molar-refractivity contribution >= 4 is 32.7 Å². The van der Waals surface area contributed by atoms with Crippen LogP contribution in [-0.2, 0) is 14.8 Å². The summed E-state index contributed by atoms with van der Waals surface area (Å²) in [7, 11) is -1.69. The highest BCUT2D eigenvalue weighted by molar-refractivity contribution is 7.89. The molecule has 1 atom stereocenters. The van der Waals surface area contributed by atoms with Gasteiger partial charge in [0.1, 0.15) is 5.82 Å². The van der Waals surface area contributed by atoms with Crippen LogP contribution in [0.1, 0.15) is 51.0 Å². The van der Waals surface area contributed by atoms with Crippen LogP contribution in [0.2, 0.25) is 0 Å². The first-order valence-corrected chi connectivity index (χ1v) is 15.8. The fourth-order valence-corrected chi connectivity index (χ4v) is 8.08. The van der Waals surface area contributed by atoms with Crippen LogP contribution in [0.5, 0.6) is 0 Å². The maximum Gasteiger partial charge on any atom is 0.240 e. The fourth-order valence-electron chi connectivity index (χ4n) is 6.74. The summed E-state index contributed by atoms with van der Waals surface area (Å²) in [6.07, 6.45) is 1.61. The Bertz CT molecular complexity index is 1490. The molecule has 0 unspecified atom stereocenters. The molecule has 2 fully saturated rings. The molecule has 3 aromatic rings. The largest absolute Gasteiger partial charge is 0.390 e. The lowest BCUT2D eigenvalue weighted by Gasteiger charge is -2.48. The van der Waals surface area contributed by atoms with E-state index in [-0.39, 0.29) is 10.9 Å². The molecule has 4 N–H and O–H groups in total.